The van der Waals surface area contributed by atoms with E-state index in [1.807, 2.05) is 6.07 Å². The quantitative estimate of drug-likeness (QED) is 0.848. The SMILES string of the molecule is CCN1c2ccc(OC)cc2CC1CCCN. The molecule has 0 amide bonds. The van der Waals surface area contributed by atoms with Crippen molar-refractivity contribution in [1.29, 1.82) is 0 Å². The molecule has 1 aliphatic rings. The molecule has 1 aromatic carbocycles. The average Bonchev–Trinajstić information content (AvgIpc) is 2.72. The molecule has 1 aromatic rings. The maximum Gasteiger partial charge on any atom is 0.119 e. The zero-order chi connectivity index (χ0) is 12.3. The number of rotatable bonds is 5. The highest BCUT2D eigenvalue weighted by Gasteiger charge is 2.27. The van der Waals surface area contributed by atoms with Gasteiger partial charge in [0.2, 0.25) is 0 Å². The Hall–Kier alpha value is -1.22. The van der Waals surface area contributed by atoms with Crippen LogP contribution in [0.2, 0.25) is 0 Å². The number of nitrogens with zero attached hydrogens (tertiary/aromatic N) is 1. The molecule has 1 aliphatic heterocycles. The third-order valence-electron chi connectivity index (χ3n) is 3.57. The molecule has 1 heterocycles. The third kappa shape index (κ3) is 2.39. The van der Waals surface area contributed by atoms with Crippen LogP contribution in [0.1, 0.15) is 25.3 Å². The Bertz CT molecular complexity index is 378. The summed E-state index contributed by atoms with van der Waals surface area (Å²) in [5.74, 6) is 0.958. The molecule has 0 spiro atoms. The number of hydrogen-bond donors (Lipinski definition) is 1. The van der Waals surface area contributed by atoms with Crippen molar-refractivity contribution in [2.24, 2.45) is 5.73 Å². The average molecular weight is 234 g/mol. The van der Waals surface area contributed by atoms with Crippen LogP contribution in [0.5, 0.6) is 5.75 Å². The van der Waals surface area contributed by atoms with E-state index < -0.39 is 0 Å². The molecule has 0 fully saturated rings. The first kappa shape index (κ1) is 12.2. The summed E-state index contributed by atoms with van der Waals surface area (Å²) in [6, 6.07) is 7.01. The summed E-state index contributed by atoms with van der Waals surface area (Å²) >= 11 is 0. The van der Waals surface area contributed by atoms with Crippen molar-refractivity contribution in [2.75, 3.05) is 25.1 Å². The normalized spacial score (nSPS) is 18.3. The van der Waals surface area contributed by atoms with Gasteiger partial charge in [0.25, 0.3) is 0 Å². The van der Waals surface area contributed by atoms with E-state index in [1.54, 1.807) is 7.11 Å². The van der Waals surface area contributed by atoms with Gasteiger partial charge >= 0.3 is 0 Å². The molecule has 1 unspecified atom stereocenters. The lowest BCUT2D eigenvalue weighted by molar-refractivity contribution is 0.414. The predicted molar refractivity (Wildman–Crippen MR) is 71.8 cm³/mol. The van der Waals surface area contributed by atoms with Crippen molar-refractivity contribution in [1.82, 2.24) is 0 Å². The molecule has 3 heteroatoms. The van der Waals surface area contributed by atoms with Crippen molar-refractivity contribution >= 4 is 5.69 Å². The fourth-order valence-electron chi connectivity index (χ4n) is 2.73. The summed E-state index contributed by atoms with van der Waals surface area (Å²) in [7, 11) is 1.72. The summed E-state index contributed by atoms with van der Waals surface area (Å²) in [5.41, 5.74) is 8.39. The van der Waals surface area contributed by atoms with E-state index in [0.717, 1.165) is 31.7 Å². The van der Waals surface area contributed by atoms with Crippen LogP contribution in [0.25, 0.3) is 0 Å². The van der Waals surface area contributed by atoms with Crippen molar-refractivity contribution in [3.8, 4) is 5.75 Å². The van der Waals surface area contributed by atoms with Gasteiger partial charge in [-0.2, -0.15) is 0 Å². The molecule has 0 bridgehead atoms. The van der Waals surface area contributed by atoms with Gasteiger partial charge in [-0.1, -0.05) is 0 Å². The maximum absolute atomic E-state index is 5.61. The molecule has 0 radical (unpaired) electrons. The molecule has 2 N–H and O–H groups in total. The van der Waals surface area contributed by atoms with Crippen molar-refractivity contribution in [2.45, 2.75) is 32.2 Å². The van der Waals surface area contributed by atoms with Crippen LogP contribution < -0.4 is 15.4 Å². The van der Waals surface area contributed by atoms with Crippen molar-refractivity contribution in [3.05, 3.63) is 23.8 Å². The first-order chi connectivity index (χ1) is 8.30. The van der Waals surface area contributed by atoms with E-state index in [1.165, 1.54) is 17.7 Å². The lowest BCUT2D eigenvalue weighted by Crippen LogP contribution is -2.32. The lowest BCUT2D eigenvalue weighted by atomic mass is 10.1. The molecule has 1 atom stereocenters. The largest absolute Gasteiger partial charge is 0.497 e. The highest BCUT2D eigenvalue weighted by Crippen LogP contribution is 2.35. The molecule has 0 saturated heterocycles. The predicted octanol–water partition coefficient (Wildman–Crippen LogP) is 2.19. The minimum atomic E-state index is 0.616. The second-order valence-electron chi connectivity index (χ2n) is 4.57. The minimum Gasteiger partial charge on any atom is -0.497 e. The Balaban J connectivity index is 2.18. The Morgan fingerprint density at radius 3 is 2.94 bits per heavy atom. The molecule has 94 valence electrons. The molecule has 2 rings (SSSR count). The summed E-state index contributed by atoms with van der Waals surface area (Å²) < 4.78 is 5.29. The Morgan fingerprint density at radius 1 is 1.47 bits per heavy atom. The molecular weight excluding hydrogens is 212 g/mol. The van der Waals surface area contributed by atoms with Crippen LogP contribution in [0, 0.1) is 0 Å². The smallest absolute Gasteiger partial charge is 0.119 e. The van der Waals surface area contributed by atoms with Crippen molar-refractivity contribution in [3.63, 3.8) is 0 Å². The molecule has 0 saturated carbocycles. The zero-order valence-corrected chi connectivity index (χ0v) is 10.8. The topological polar surface area (TPSA) is 38.5 Å². The standard InChI is InChI=1S/C14H22N2O/c1-3-16-12(5-4-8-15)9-11-10-13(17-2)6-7-14(11)16/h6-7,10,12H,3-5,8-9,15H2,1-2H3. The van der Waals surface area contributed by atoms with Crippen LogP contribution in [0.15, 0.2) is 18.2 Å². The number of benzene rings is 1. The minimum absolute atomic E-state index is 0.616. The second-order valence-corrected chi connectivity index (χ2v) is 4.57. The number of anilines is 1. The van der Waals surface area contributed by atoms with Crippen molar-refractivity contribution < 1.29 is 4.74 Å². The molecular formula is C14H22N2O. The van der Waals surface area contributed by atoms with E-state index in [-0.39, 0.29) is 0 Å². The summed E-state index contributed by atoms with van der Waals surface area (Å²) in [6.45, 7) is 4.07. The van der Waals surface area contributed by atoms with Gasteiger partial charge in [-0.25, -0.2) is 0 Å². The Morgan fingerprint density at radius 2 is 2.29 bits per heavy atom. The van der Waals surface area contributed by atoms with Crippen LogP contribution in [0.4, 0.5) is 5.69 Å². The number of likely N-dealkylation sites (N-methyl/N-ethyl adjacent to an activating group) is 1. The van der Waals surface area contributed by atoms with Crippen LogP contribution >= 0.6 is 0 Å². The van der Waals surface area contributed by atoms with Crippen LogP contribution in [-0.2, 0) is 6.42 Å². The van der Waals surface area contributed by atoms with E-state index in [4.69, 9.17) is 10.5 Å². The molecule has 17 heavy (non-hydrogen) atoms. The summed E-state index contributed by atoms with van der Waals surface area (Å²) in [5, 5.41) is 0. The van der Waals surface area contributed by atoms with Crippen LogP contribution in [0.3, 0.4) is 0 Å². The fourth-order valence-corrected chi connectivity index (χ4v) is 2.73. The van der Waals surface area contributed by atoms with Gasteiger partial charge in [0, 0.05) is 18.3 Å². The van der Waals surface area contributed by atoms with Gasteiger partial charge in [0.15, 0.2) is 0 Å². The lowest BCUT2D eigenvalue weighted by Gasteiger charge is -2.26. The van der Waals surface area contributed by atoms with E-state index in [9.17, 15) is 0 Å². The third-order valence-corrected chi connectivity index (χ3v) is 3.57. The maximum atomic E-state index is 5.61. The van der Waals surface area contributed by atoms with Gasteiger partial charge in [-0.05, 0) is 56.5 Å². The van der Waals surface area contributed by atoms with E-state index >= 15 is 0 Å². The fraction of sp³-hybridized carbons (Fsp3) is 0.571. The Kier molecular flexibility index (Phi) is 3.89. The van der Waals surface area contributed by atoms with E-state index in [2.05, 4.69) is 24.0 Å². The number of methoxy groups -OCH3 is 1. The molecule has 0 aliphatic carbocycles. The number of fused-ring (bicyclic) bond motifs is 1. The number of nitrogens with two attached hydrogens (primary N) is 1. The van der Waals surface area contributed by atoms with Crippen LogP contribution in [-0.4, -0.2) is 26.2 Å². The molecule has 0 aromatic heterocycles. The first-order valence-corrected chi connectivity index (χ1v) is 6.43. The second kappa shape index (κ2) is 5.41. The van der Waals surface area contributed by atoms with Gasteiger partial charge < -0.3 is 15.4 Å². The number of hydrogen-bond acceptors (Lipinski definition) is 3. The zero-order valence-electron chi connectivity index (χ0n) is 10.8. The monoisotopic (exact) mass is 234 g/mol. The van der Waals surface area contributed by atoms with Gasteiger partial charge in [0.05, 0.1) is 7.11 Å². The molecule has 3 nitrogen and oxygen atoms in total. The first-order valence-electron chi connectivity index (χ1n) is 6.43. The van der Waals surface area contributed by atoms with Gasteiger partial charge in [0.1, 0.15) is 5.75 Å². The van der Waals surface area contributed by atoms with E-state index in [0.29, 0.717) is 6.04 Å². The van der Waals surface area contributed by atoms with Gasteiger partial charge in [-0.15, -0.1) is 0 Å². The van der Waals surface area contributed by atoms with Gasteiger partial charge in [-0.3, -0.25) is 0 Å². The highest BCUT2D eigenvalue weighted by molar-refractivity contribution is 5.61. The Labute approximate surface area is 104 Å². The highest BCUT2D eigenvalue weighted by atomic mass is 16.5. The summed E-state index contributed by atoms with van der Waals surface area (Å²) in [4.78, 5) is 2.49. The summed E-state index contributed by atoms with van der Waals surface area (Å²) in [6.07, 6.45) is 3.41. The number of ether oxygens (including phenoxy) is 1.